The number of halogens is 5. The Morgan fingerprint density at radius 2 is 1.04 bits per heavy atom. The summed E-state index contributed by atoms with van der Waals surface area (Å²) in [5, 5.41) is 4.63. The van der Waals surface area contributed by atoms with Crippen LogP contribution >= 0.6 is 0 Å². The van der Waals surface area contributed by atoms with E-state index in [1.54, 1.807) is 0 Å². The Labute approximate surface area is 326 Å². The predicted molar refractivity (Wildman–Crippen MR) is 202 cm³/mol. The first-order chi connectivity index (χ1) is 25.0. The van der Waals surface area contributed by atoms with Crippen LogP contribution < -0.4 is 0 Å². The van der Waals surface area contributed by atoms with E-state index < -0.39 is 34.6 Å². The van der Waals surface area contributed by atoms with E-state index in [1.165, 1.54) is 27.5 Å². The summed E-state index contributed by atoms with van der Waals surface area (Å²) < 4.78 is 61.9. The van der Waals surface area contributed by atoms with Crippen LogP contribution in [-0.4, -0.2) is 9.97 Å². The van der Waals surface area contributed by atoms with E-state index in [4.69, 9.17) is 16.4 Å². The molecular formula is C46H35F5N2Pd. The van der Waals surface area contributed by atoms with Gasteiger partial charge < -0.3 is 6.42 Å². The van der Waals surface area contributed by atoms with E-state index in [1.807, 2.05) is 12.3 Å². The van der Waals surface area contributed by atoms with E-state index in [-0.39, 0.29) is 31.3 Å². The molecule has 0 bridgehead atoms. The van der Waals surface area contributed by atoms with Crippen molar-refractivity contribution in [3.05, 3.63) is 162 Å². The maximum atomic E-state index is 12.5. The fourth-order valence-corrected chi connectivity index (χ4v) is 5.84. The minimum Gasteiger partial charge on any atom is -0.366 e. The number of fused-ring (bicyclic) bond motifs is 2. The second-order valence-corrected chi connectivity index (χ2v) is 14.9. The van der Waals surface area contributed by atoms with Gasteiger partial charge in [-0.1, -0.05) is 125 Å². The molecule has 7 aromatic rings. The van der Waals surface area contributed by atoms with Gasteiger partial charge in [-0.05, 0) is 56.3 Å². The summed E-state index contributed by atoms with van der Waals surface area (Å²) in [4.78, 5) is 10.00. The molecule has 54 heavy (non-hydrogen) atoms. The number of hydrogen-bond acceptors (Lipinski definition) is 2. The topological polar surface area (TPSA) is 25.8 Å². The van der Waals surface area contributed by atoms with Gasteiger partial charge >= 0.3 is 20.4 Å². The molecule has 274 valence electrons. The van der Waals surface area contributed by atoms with Crippen molar-refractivity contribution in [1.82, 2.24) is 9.97 Å². The van der Waals surface area contributed by atoms with E-state index in [0.717, 1.165) is 44.9 Å². The number of nitrogens with zero attached hydrogens (tertiary/aromatic N) is 2. The number of rotatable bonds is 3. The minimum atomic E-state index is -2.24. The minimum absolute atomic E-state index is 0. The molecule has 2 nitrogen and oxygen atoms in total. The fraction of sp³-hybridized carbons (Fsp3) is 0.174. The van der Waals surface area contributed by atoms with E-state index >= 15 is 0 Å². The molecule has 0 aliphatic heterocycles. The fourth-order valence-electron chi connectivity index (χ4n) is 5.84. The van der Waals surface area contributed by atoms with Crippen molar-refractivity contribution in [3.63, 3.8) is 0 Å². The second kappa shape index (κ2) is 15.6. The Morgan fingerprint density at radius 3 is 1.59 bits per heavy atom. The Morgan fingerprint density at radius 1 is 0.556 bits per heavy atom. The molecular weight excluding hydrogens is 782 g/mol. The van der Waals surface area contributed by atoms with Gasteiger partial charge in [0.1, 0.15) is 0 Å². The average Bonchev–Trinajstić information content (AvgIpc) is 3.15. The largest absolute Gasteiger partial charge is 2.00 e. The van der Waals surface area contributed by atoms with E-state index in [0.29, 0.717) is 0 Å². The van der Waals surface area contributed by atoms with Crippen molar-refractivity contribution in [1.29, 1.82) is 0 Å². The quantitative estimate of drug-likeness (QED) is 0.0443. The first kappa shape index (κ1) is 40.0. The Balaban J connectivity index is 0.000000341. The van der Waals surface area contributed by atoms with Gasteiger partial charge in [0.2, 0.25) is 0 Å². The molecule has 5 aromatic carbocycles. The molecule has 0 aliphatic rings. The van der Waals surface area contributed by atoms with Crippen LogP contribution in [0.2, 0.25) is 0 Å². The molecule has 0 fully saturated rings. The van der Waals surface area contributed by atoms with Crippen LogP contribution in [-0.2, 0) is 31.3 Å². The van der Waals surface area contributed by atoms with Gasteiger partial charge in [-0.25, -0.2) is 22.0 Å². The van der Waals surface area contributed by atoms with Crippen LogP contribution in [0.25, 0.3) is 55.3 Å². The molecule has 2 heterocycles. The number of pyridine rings is 2. The number of hydrogen-bond donors (Lipinski definition) is 0. The molecule has 0 saturated heterocycles. The molecule has 0 N–H and O–H groups in total. The summed E-state index contributed by atoms with van der Waals surface area (Å²) in [6, 6.07) is 38.1. The van der Waals surface area contributed by atoms with Crippen molar-refractivity contribution < 1.29 is 42.4 Å². The third-order valence-electron chi connectivity index (χ3n) is 9.01. The molecule has 0 spiro atoms. The van der Waals surface area contributed by atoms with Crippen LogP contribution in [0.1, 0.15) is 58.2 Å². The van der Waals surface area contributed by atoms with E-state index in [2.05, 4.69) is 139 Å². The average molecular weight is 817 g/mol. The molecule has 0 aliphatic carbocycles. The van der Waals surface area contributed by atoms with Gasteiger partial charge in [0.25, 0.3) is 0 Å². The third kappa shape index (κ3) is 8.29. The predicted octanol–water partition coefficient (Wildman–Crippen LogP) is 12.5. The smallest absolute Gasteiger partial charge is 0.366 e. The summed E-state index contributed by atoms with van der Waals surface area (Å²) in [6.07, 6.45) is 8.25. The molecule has 0 unspecified atom stereocenters. The van der Waals surface area contributed by atoms with Crippen molar-refractivity contribution in [3.8, 4) is 39.7 Å². The second-order valence-electron chi connectivity index (χ2n) is 14.9. The van der Waals surface area contributed by atoms with Gasteiger partial charge in [0.05, 0.1) is 23.0 Å². The van der Waals surface area contributed by atoms with Gasteiger partial charge in [-0.15, -0.1) is 29.1 Å². The number of benzene rings is 5. The van der Waals surface area contributed by atoms with Crippen molar-refractivity contribution >= 4 is 21.5 Å². The Bertz CT molecular complexity index is 2400. The van der Waals surface area contributed by atoms with Crippen LogP contribution in [0.4, 0.5) is 22.0 Å². The molecule has 0 radical (unpaired) electrons. The van der Waals surface area contributed by atoms with Crippen molar-refractivity contribution in [2.75, 3.05) is 0 Å². The first-order valence-electron chi connectivity index (χ1n) is 16.9. The maximum Gasteiger partial charge on any atom is 2.00 e. The summed E-state index contributed by atoms with van der Waals surface area (Å²) in [5.74, 6) is -9.37. The molecule has 0 amide bonds. The van der Waals surface area contributed by atoms with Crippen LogP contribution in [0, 0.1) is 47.5 Å². The molecule has 0 saturated carbocycles. The van der Waals surface area contributed by atoms with Gasteiger partial charge in [-0.2, -0.15) is 0 Å². The summed E-state index contributed by atoms with van der Waals surface area (Å²) in [6.45, 7) is 13.7. The Hall–Kier alpha value is -5.21. The zero-order valence-corrected chi connectivity index (χ0v) is 32.0. The zero-order valence-electron chi connectivity index (χ0n) is 30.4. The monoisotopic (exact) mass is 816 g/mol. The summed E-state index contributed by atoms with van der Waals surface area (Å²) in [5.41, 5.74) is 7.28. The summed E-state index contributed by atoms with van der Waals surface area (Å²) >= 11 is 0. The number of aromatic nitrogens is 2. The van der Waals surface area contributed by atoms with Gasteiger partial charge in [-0.3, -0.25) is 15.9 Å². The van der Waals surface area contributed by atoms with Crippen LogP contribution in [0.15, 0.2) is 103 Å². The van der Waals surface area contributed by atoms with Crippen LogP contribution in [0.3, 0.4) is 0 Å². The maximum absolute atomic E-state index is 12.5. The van der Waals surface area contributed by atoms with Crippen molar-refractivity contribution in [2.24, 2.45) is 0 Å². The Kier molecular flexibility index (Phi) is 11.6. The molecule has 7 rings (SSSR count). The first-order valence-corrected chi connectivity index (χ1v) is 16.9. The zero-order chi connectivity index (χ0) is 38.2. The summed E-state index contributed by atoms with van der Waals surface area (Å²) in [7, 11) is 0. The van der Waals surface area contributed by atoms with Gasteiger partial charge in [0, 0.05) is 11.6 Å². The van der Waals surface area contributed by atoms with Crippen LogP contribution in [0.5, 0.6) is 0 Å². The molecule has 2 aromatic heterocycles. The van der Waals surface area contributed by atoms with E-state index in [9.17, 15) is 22.0 Å². The van der Waals surface area contributed by atoms with Gasteiger partial charge in [0.15, 0.2) is 17.5 Å². The molecule has 8 heteroatoms. The SMILES string of the molecule is CC(C)(C)c1cc(-c2cc(-c3[c-]cc4ccccc4c3)nc(-c3cc4ccccc4cn3)c2)cc(C(C)(C)C)c1.[C-]#Cc1c(F)c(F)c(F)c(F)c1F.[Pd+2]. The van der Waals surface area contributed by atoms with Crippen molar-refractivity contribution in [2.45, 2.75) is 52.4 Å². The standard InChI is InChI=1S/C38H35N2.C8F5.Pd/c1-37(2,3)32-18-30(19-33(23-32)38(4,5)6)31-21-34(28-16-15-25-11-7-8-12-26(25)17-28)40-36(22-31)35-20-27-13-9-10-14-29(27)24-39-35;1-2-3-4(9)6(11)8(13)7(12)5(3)10;/h7-15,17-24H,1-6H3;;/q2*-1;+2. The normalized spacial score (nSPS) is 11.4. The molecule has 0 atom stereocenters. The third-order valence-corrected chi connectivity index (χ3v) is 9.01.